The molecule has 2 rings (SSSR count). The third-order valence-corrected chi connectivity index (χ3v) is 5.91. The Bertz CT molecular complexity index is 883. The summed E-state index contributed by atoms with van der Waals surface area (Å²) in [6, 6.07) is 11.0. The van der Waals surface area contributed by atoms with Gasteiger partial charge in [-0.2, -0.15) is 0 Å². The van der Waals surface area contributed by atoms with Crippen molar-refractivity contribution in [2.75, 3.05) is 19.8 Å². The molecule has 0 aliphatic carbocycles. The highest BCUT2D eigenvalue weighted by molar-refractivity contribution is 7.91. The Labute approximate surface area is 156 Å². The van der Waals surface area contributed by atoms with E-state index < -0.39 is 32.2 Å². The lowest BCUT2D eigenvalue weighted by Gasteiger charge is -2.21. The number of halogens is 2. The quantitative estimate of drug-likeness (QED) is 0.833. The Morgan fingerprint density at radius 1 is 1.16 bits per heavy atom. The maximum Gasteiger partial charge on any atom is 0.230 e. The van der Waals surface area contributed by atoms with Gasteiger partial charge in [-0.05, 0) is 17.7 Å². The first kappa shape index (κ1) is 19.6. The summed E-state index contributed by atoms with van der Waals surface area (Å²) in [4.78, 5) is 13.5. The van der Waals surface area contributed by atoms with Gasteiger partial charge in [0.2, 0.25) is 5.91 Å². The molecule has 8 heteroatoms. The molecular weight excluding hydrogens is 385 g/mol. The molecule has 1 amide bonds. The van der Waals surface area contributed by atoms with Crippen LogP contribution in [0.2, 0.25) is 10.0 Å². The highest BCUT2D eigenvalue weighted by Crippen LogP contribution is 2.36. The van der Waals surface area contributed by atoms with Crippen LogP contribution >= 0.6 is 23.2 Å². The van der Waals surface area contributed by atoms with Crippen LogP contribution in [0.5, 0.6) is 5.75 Å². The van der Waals surface area contributed by atoms with Gasteiger partial charge in [-0.3, -0.25) is 4.79 Å². The van der Waals surface area contributed by atoms with Crippen LogP contribution in [0.4, 0.5) is 0 Å². The van der Waals surface area contributed by atoms with E-state index in [0.29, 0.717) is 5.56 Å². The predicted octanol–water partition coefficient (Wildman–Crippen LogP) is 3.34. The standard InChI is InChI=1S/C17H17Cl2NO4S/c1-20(2)17(22)13(11-6-4-3-5-7-11)10-25(23,24)15-9-12(18)8-14(19)16(15)21/h3-9,13,21H,10H2,1-2H3. The SMILES string of the molecule is CN(C)C(=O)C(CS(=O)(=O)c1cc(Cl)cc(Cl)c1O)c1ccccc1. The second-order valence-corrected chi connectivity index (χ2v) is 8.56. The van der Waals surface area contributed by atoms with Crippen molar-refractivity contribution in [3.05, 3.63) is 58.1 Å². The predicted molar refractivity (Wildman–Crippen MR) is 98.1 cm³/mol. The topological polar surface area (TPSA) is 74.7 Å². The molecule has 0 radical (unpaired) electrons. The van der Waals surface area contributed by atoms with Gasteiger partial charge in [0.15, 0.2) is 15.6 Å². The van der Waals surface area contributed by atoms with Crippen molar-refractivity contribution in [1.29, 1.82) is 0 Å². The van der Waals surface area contributed by atoms with E-state index in [0.717, 1.165) is 6.07 Å². The van der Waals surface area contributed by atoms with Gasteiger partial charge in [0.25, 0.3) is 0 Å². The van der Waals surface area contributed by atoms with Crippen molar-refractivity contribution < 1.29 is 18.3 Å². The van der Waals surface area contributed by atoms with Crippen LogP contribution in [-0.2, 0) is 14.6 Å². The van der Waals surface area contributed by atoms with E-state index in [1.54, 1.807) is 44.4 Å². The molecule has 134 valence electrons. The van der Waals surface area contributed by atoms with Crippen LogP contribution in [0.1, 0.15) is 11.5 Å². The highest BCUT2D eigenvalue weighted by atomic mass is 35.5. The number of likely N-dealkylation sites (N-methyl/N-ethyl adjacent to an activating group) is 1. The van der Waals surface area contributed by atoms with E-state index in [1.807, 2.05) is 0 Å². The number of carbonyl (C=O) groups excluding carboxylic acids is 1. The normalized spacial score (nSPS) is 12.6. The average Bonchev–Trinajstić information content (AvgIpc) is 2.56. The molecule has 1 N–H and O–H groups in total. The van der Waals surface area contributed by atoms with E-state index in [2.05, 4.69) is 0 Å². The van der Waals surface area contributed by atoms with Crippen molar-refractivity contribution in [3.8, 4) is 5.75 Å². The summed E-state index contributed by atoms with van der Waals surface area (Å²) in [6.07, 6.45) is 0. The summed E-state index contributed by atoms with van der Waals surface area (Å²) < 4.78 is 25.6. The zero-order chi connectivity index (χ0) is 18.8. The molecular formula is C17H17Cl2NO4S. The number of carbonyl (C=O) groups is 1. The van der Waals surface area contributed by atoms with Crippen molar-refractivity contribution >= 4 is 38.9 Å². The Balaban J connectivity index is 2.50. The minimum Gasteiger partial charge on any atom is -0.505 e. The van der Waals surface area contributed by atoms with Crippen molar-refractivity contribution in [3.63, 3.8) is 0 Å². The van der Waals surface area contributed by atoms with Crippen molar-refractivity contribution in [2.45, 2.75) is 10.8 Å². The Kier molecular flexibility index (Phi) is 5.98. The van der Waals surface area contributed by atoms with Crippen LogP contribution in [0.15, 0.2) is 47.4 Å². The number of phenolic OH excluding ortho intramolecular Hbond substituents is 1. The third kappa shape index (κ3) is 4.45. The number of sulfone groups is 1. The molecule has 0 bridgehead atoms. The lowest BCUT2D eigenvalue weighted by molar-refractivity contribution is -0.129. The zero-order valence-corrected chi connectivity index (χ0v) is 15.9. The summed E-state index contributed by atoms with van der Waals surface area (Å²) in [7, 11) is -0.920. The molecule has 0 aliphatic rings. The summed E-state index contributed by atoms with van der Waals surface area (Å²) >= 11 is 11.7. The molecule has 5 nitrogen and oxygen atoms in total. The van der Waals surface area contributed by atoms with Crippen LogP contribution in [0.3, 0.4) is 0 Å². The molecule has 0 saturated heterocycles. The molecule has 1 unspecified atom stereocenters. The first-order valence-corrected chi connectivity index (χ1v) is 9.71. The summed E-state index contributed by atoms with van der Waals surface area (Å²) in [6.45, 7) is 0. The molecule has 0 aliphatic heterocycles. The fourth-order valence-electron chi connectivity index (χ4n) is 2.40. The molecule has 0 aromatic heterocycles. The minimum atomic E-state index is -4.03. The molecule has 0 saturated carbocycles. The van der Waals surface area contributed by atoms with Crippen LogP contribution in [0, 0.1) is 0 Å². The van der Waals surface area contributed by atoms with E-state index in [4.69, 9.17) is 23.2 Å². The van der Waals surface area contributed by atoms with Gasteiger partial charge in [0, 0.05) is 19.1 Å². The van der Waals surface area contributed by atoms with Gasteiger partial charge < -0.3 is 10.0 Å². The highest BCUT2D eigenvalue weighted by Gasteiger charge is 2.31. The monoisotopic (exact) mass is 401 g/mol. The lowest BCUT2D eigenvalue weighted by atomic mass is 10.00. The first-order valence-electron chi connectivity index (χ1n) is 7.30. The smallest absolute Gasteiger partial charge is 0.230 e. The number of aromatic hydroxyl groups is 1. The van der Waals surface area contributed by atoms with Gasteiger partial charge >= 0.3 is 0 Å². The Morgan fingerprint density at radius 3 is 2.32 bits per heavy atom. The van der Waals surface area contributed by atoms with Crippen LogP contribution in [0.25, 0.3) is 0 Å². The summed E-state index contributed by atoms with van der Waals surface area (Å²) in [5.74, 6) is -2.37. The number of phenols is 1. The Hall–Kier alpha value is -1.76. The number of benzene rings is 2. The Morgan fingerprint density at radius 2 is 1.76 bits per heavy atom. The molecule has 25 heavy (non-hydrogen) atoms. The molecule has 0 spiro atoms. The van der Waals surface area contributed by atoms with Crippen molar-refractivity contribution in [2.24, 2.45) is 0 Å². The minimum absolute atomic E-state index is 0.0802. The second-order valence-electron chi connectivity index (χ2n) is 5.71. The molecule has 1 atom stereocenters. The summed E-state index contributed by atoms with van der Waals surface area (Å²) in [5.41, 5.74) is 0.567. The average molecular weight is 402 g/mol. The number of nitrogens with zero attached hydrogens (tertiary/aromatic N) is 1. The number of amides is 1. The first-order chi connectivity index (χ1) is 11.6. The van der Waals surface area contributed by atoms with Gasteiger partial charge in [-0.1, -0.05) is 53.5 Å². The number of hydrogen-bond donors (Lipinski definition) is 1. The molecule has 0 heterocycles. The van der Waals surface area contributed by atoms with Crippen LogP contribution < -0.4 is 0 Å². The van der Waals surface area contributed by atoms with Crippen molar-refractivity contribution in [1.82, 2.24) is 4.90 Å². The summed E-state index contributed by atoms with van der Waals surface area (Å²) in [5, 5.41) is 9.94. The van der Waals surface area contributed by atoms with E-state index in [1.165, 1.54) is 11.0 Å². The van der Waals surface area contributed by atoms with Crippen LogP contribution in [-0.4, -0.2) is 44.2 Å². The fraction of sp³-hybridized carbons (Fsp3) is 0.235. The largest absolute Gasteiger partial charge is 0.505 e. The van der Waals surface area contributed by atoms with Gasteiger partial charge in [0.05, 0.1) is 16.7 Å². The van der Waals surface area contributed by atoms with E-state index >= 15 is 0 Å². The zero-order valence-electron chi connectivity index (χ0n) is 13.6. The lowest BCUT2D eigenvalue weighted by Crippen LogP contribution is -2.32. The third-order valence-electron chi connectivity index (χ3n) is 3.66. The maximum atomic E-state index is 12.8. The van der Waals surface area contributed by atoms with Gasteiger partial charge in [0.1, 0.15) is 4.90 Å². The molecule has 2 aromatic rings. The second kappa shape index (κ2) is 7.64. The number of hydrogen-bond acceptors (Lipinski definition) is 4. The molecule has 2 aromatic carbocycles. The number of rotatable bonds is 5. The fourth-order valence-corrected chi connectivity index (χ4v) is 4.67. The van der Waals surface area contributed by atoms with Gasteiger partial charge in [-0.15, -0.1) is 0 Å². The molecule has 0 fully saturated rings. The maximum absolute atomic E-state index is 12.8. The van der Waals surface area contributed by atoms with Gasteiger partial charge in [-0.25, -0.2) is 8.42 Å². The van der Waals surface area contributed by atoms with E-state index in [9.17, 15) is 18.3 Å². The van der Waals surface area contributed by atoms with E-state index in [-0.39, 0.29) is 16.0 Å².